The van der Waals surface area contributed by atoms with Gasteiger partial charge in [0, 0.05) is 0 Å². The molecule has 0 amide bonds. The Hall–Kier alpha value is -1.60. The van der Waals surface area contributed by atoms with Crippen LogP contribution in [0.3, 0.4) is 0 Å². The fraction of sp³-hybridized carbons (Fsp3) is 0.278. The third-order valence-corrected chi connectivity index (χ3v) is 3.83. The van der Waals surface area contributed by atoms with Gasteiger partial charge in [0.15, 0.2) is 0 Å². The molecule has 0 heterocycles. The molecule has 0 saturated heterocycles. The average Bonchev–Trinajstić information content (AvgIpc) is 2.46. The fourth-order valence-corrected chi connectivity index (χ4v) is 2.49. The van der Waals surface area contributed by atoms with Crippen LogP contribution in [0.2, 0.25) is 0 Å². The highest BCUT2D eigenvalue weighted by molar-refractivity contribution is 6.64. The highest BCUT2D eigenvalue weighted by Crippen LogP contribution is 2.24. The number of carbonyl (C=O) groups excluding carboxylic acids is 1. The van der Waals surface area contributed by atoms with E-state index < -0.39 is 0 Å². The van der Waals surface area contributed by atoms with Crippen molar-refractivity contribution in [1.82, 2.24) is 0 Å². The van der Waals surface area contributed by atoms with E-state index in [1.165, 1.54) is 5.56 Å². The predicted molar refractivity (Wildman–Crippen MR) is 84.3 cm³/mol. The SMILES string of the molecule is CC(C)c1ccc(CC(C(=O)Cl)c2ccccc2)cc1. The number of rotatable bonds is 5. The topological polar surface area (TPSA) is 17.1 Å². The van der Waals surface area contributed by atoms with Gasteiger partial charge in [0.1, 0.15) is 0 Å². The third kappa shape index (κ3) is 3.71. The van der Waals surface area contributed by atoms with Crippen LogP contribution >= 0.6 is 11.6 Å². The second kappa shape index (κ2) is 6.71. The molecule has 2 rings (SSSR count). The Balaban J connectivity index is 2.19. The van der Waals surface area contributed by atoms with Crippen molar-refractivity contribution >= 4 is 16.8 Å². The molecule has 0 spiro atoms. The van der Waals surface area contributed by atoms with E-state index >= 15 is 0 Å². The molecule has 2 aromatic rings. The highest BCUT2D eigenvalue weighted by Gasteiger charge is 2.19. The van der Waals surface area contributed by atoms with Crippen molar-refractivity contribution in [2.45, 2.75) is 32.1 Å². The monoisotopic (exact) mass is 286 g/mol. The maximum absolute atomic E-state index is 11.7. The number of carbonyl (C=O) groups is 1. The van der Waals surface area contributed by atoms with Crippen LogP contribution in [0.15, 0.2) is 54.6 Å². The standard InChI is InChI=1S/C18H19ClO/c1-13(2)15-10-8-14(9-11-15)12-17(18(19)20)16-6-4-3-5-7-16/h3-11,13,17H,12H2,1-2H3. The zero-order valence-electron chi connectivity index (χ0n) is 11.8. The van der Waals surface area contributed by atoms with Gasteiger partial charge in [-0.05, 0) is 40.6 Å². The molecular weight excluding hydrogens is 268 g/mol. The first-order valence-electron chi connectivity index (χ1n) is 6.91. The Morgan fingerprint density at radius 2 is 1.55 bits per heavy atom. The molecular formula is C18H19ClO. The maximum atomic E-state index is 11.7. The lowest BCUT2D eigenvalue weighted by Crippen LogP contribution is -2.10. The van der Waals surface area contributed by atoms with E-state index in [-0.39, 0.29) is 11.2 Å². The molecule has 0 aliphatic carbocycles. The van der Waals surface area contributed by atoms with Gasteiger partial charge < -0.3 is 0 Å². The summed E-state index contributed by atoms with van der Waals surface area (Å²) in [5.74, 6) is 0.242. The molecule has 0 N–H and O–H groups in total. The van der Waals surface area contributed by atoms with E-state index in [1.807, 2.05) is 30.3 Å². The van der Waals surface area contributed by atoms with Crippen LogP contribution in [0.5, 0.6) is 0 Å². The quantitative estimate of drug-likeness (QED) is 0.714. The summed E-state index contributed by atoms with van der Waals surface area (Å²) in [6, 6.07) is 18.1. The summed E-state index contributed by atoms with van der Waals surface area (Å²) in [6.07, 6.45) is 0.644. The molecule has 1 unspecified atom stereocenters. The lowest BCUT2D eigenvalue weighted by Gasteiger charge is -2.14. The van der Waals surface area contributed by atoms with Gasteiger partial charge in [0.2, 0.25) is 5.24 Å². The van der Waals surface area contributed by atoms with Crippen molar-refractivity contribution in [3.63, 3.8) is 0 Å². The zero-order chi connectivity index (χ0) is 14.5. The van der Waals surface area contributed by atoms with E-state index in [0.29, 0.717) is 12.3 Å². The van der Waals surface area contributed by atoms with Crippen molar-refractivity contribution in [2.24, 2.45) is 0 Å². The minimum Gasteiger partial charge on any atom is -0.281 e. The first kappa shape index (κ1) is 14.8. The molecule has 0 aliphatic rings. The van der Waals surface area contributed by atoms with Gasteiger partial charge in [0.05, 0.1) is 5.92 Å². The van der Waals surface area contributed by atoms with Gasteiger partial charge in [0.25, 0.3) is 0 Å². The van der Waals surface area contributed by atoms with Crippen LogP contribution in [0, 0.1) is 0 Å². The summed E-state index contributed by atoms with van der Waals surface area (Å²) in [5.41, 5.74) is 3.42. The highest BCUT2D eigenvalue weighted by atomic mass is 35.5. The molecule has 0 bridgehead atoms. The molecule has 0 aromatic heterocycles. The molecule has 0 fully saturated rings. The van der Waals surface area contributed by atoms with Gasteiger partial charge >= 0.3 is 0 Å². The molecule has 2 heteroatoms. The first-order chi connectivity index (χ1) is 9.58. The van der Waals surface area contributed by atoms with E-state index in [1.54, 1.807) is 0 Å². The van der Waals surface area contributed by atoms with Crippen molar-refractivity contribution in [2.75, 3.05) is 0 Å². The maximum Gasteiger partial charge on any atom is 0.229 e. The molecule has 0 saturated carbocycles. The molecule has 20 heavy (non-hydrogen) atoms. The molecule has 0 radical (unpaired) electrons. The van der Waals surface area contributed by atoms with E-state index in [0.717, 1.165) is 11.1 Å². The van der Waals surface area contributed by atoms with Crippen molar-refractivity contribution in [1.29, 1.82) is 0 Å². The fourth-order valence-electron chi connectivity index (χ4n) is 2.29. The third-order valence-electron chi connectivity index (χ3n) is 3.56. The molecule has 1 nitrogen and oxygen atoms in total. The number of benzene rings is 2. The van der Waals surface area contributed by atoms with Crippen LogP contribution in [-0.2, 0) is 11.2 Å². The minimum atomic E-state index is -0.302. The van der Waals surface area contributed by atoms with Crippen molar-refractivity contribution in [3.8, 4) is 0 Å². The van der Waals surface area contributed by atoms with Crippen LogP contribution in [0.25, 0.3) is 0 Å². The predicted octanol–water partition coefficient (Wildman–Crippen LogP) is 4.90. The Morgan fingerprint density at radius 1 is 0.950 bits per heavy atom. The van der Waals surface area contributed by atoms with Gasteiger partial charge in [-0.3, -0.25) is 4.79 Å². The van der Waals surface area contributed by atoms with Crippen LogP contribution in [-0.4, -0.2) is 5.24 Å². The number of halogens is 1. The van der Waals surface area contributed by atoms with Crippen LogP contribution in [0.1, 0.15) is 42.4 Å². The summed E-state index contributed by atoms with van der Waals surface area (Å²) >= 11 is 5.77. The van der Waals surface area contributed by atoms with Crippen LogP contribution < -0.4 is 0 Å². The van der Waals surface area contributed by atoms with Crippen molar-refractivity contribution in [3.05, 3.63) is 71.3 Å². The average molecular weight is 287 g/mol. The summed E-state index contributed by atoms with van der Waals surface area (Å²) < 4.78 is 0. The molecule has 2 aromatic carbocycles. The Kier molecular flexibility index (Phi) is 4.97. The molecule has 104 valence electrons. The molecule has 0 aliphatic heterocycles. The first-order valence-corrected chi connectivity index (χ1v) is 7.29. The smallest absolute Gasteiger partial charge is 0.229 e. The summed E-state index contributed by atoms with van der Waals surface area (Å²) in [4.78, 5) is 11.7. The van der Waals surface area contributed by atoms with Gasteiger partial charge in [-0.1, -0.05) is 68.4 Å². The van der Waals surface area contributed by atoms with Crippen molar-refractivity contribution < 1.29 is 4.79 Å². The van der Waals surface area contributed by atoms with Gasteiger partial charge in [-0.2, -0.15) is 0 Å². The summed E-state index contributed by atoms with van der Waals surface area (Å²) in [6.45, 7) is 4.34. The largest absolute Gasteiger partial charge is 0.281 e. The van der Waals surface area contributed by atoms with E-state index in [2.05, 4.69) is 38.1 Å². The van der Waals surface area contributed by atoms with Gasteiger partial charge in [-0.25, -0.2) is 0 Å². The Labute approximate surface area is 125 Å². The van der Waals surface area contributed by atoms with E-state index in [9.17, 15) is 4.79 Å². The normalized spacial score (nSPS) is 12.4. The van der Waals surface area contributed by atoms with Gasteiger partial charge in [-0.15, -0.1) is 0 Å². The summed E-state index contributed by atoms with van der Waals surface area (Å²) in [5, 5.41) is -0.302. The second-order valence-electron chi connectivity index (χ2n) is 5.37. The summed E-state index contributed by atoms with van der Waals surface area (Å²) in [7, 11) is 0. The number of hydrogen-bond donors (Lipinski definition) is 0. The van der Waals surface area contributed by atoms with E-state index in [4.69, 9.17) is 11.6 Å². The number of hydrogen-bond acceptors (Lipinski definition) is 1. The van der Waals surface area contributed by atoms with Crippen LogP contribution in [0.4, 0.5) is 0 Å². The Bertz CT molecular complexity index is 558. The Morgan fingerprint density at radius 3 is 2.05 bits per heavy atom. The zero-order valence-corrected chi connectivity index (χ0v) is 12.6. The lowest BCUT2D eigenvalue weighted by molar-refractivity contribution is -0.113. The second-order valence-corrected chi connectivity index (χ2v) is 5.74. The lowest BCUT2D eigenvalue weighted by atomic mass is 9.92. The minimum absolute atomic E-state index is 0.275. The molecule has 1 atom stereocenters.